The molecule has 0 unspecified atom stereocenters. The van der Waals surface area contributed by atoms with Gasteiger partial charge in [-0.1, -0.05) is 84.0 Å². The Morgan fingerprint density at radius 3 is 1.66 bits per heavy atom. The van der Waals surface area contributed by atoms with E-state index in [2.05, 4.69) is 76.6 Å². The fourth-order valence-corrected chi connectivity index (χ4v) is 3.73. The summed E-state index contributed by atoms with van der Waals surface area (Å²) in [7, 11) is -4.82. The lowest BCUT2D eigenvalue weighted by molar-refractivity contribution is -0.158. The molecule has 8 nitrogen and oxygen atoms in total. The van der Waals surface area contributed by atoms with Gasteiger partial charge in [0.1, 0.15) is 6.61 Å². The number of phosphoric ester groups is 1. The third-order valence-electron chi connectivity index (χ3n) is 5.35. The number of carbonyl (C=O) groups is 2. The summed E-state index contributed by atoms with van der Waals surface area (Å²) < 4.78 is 25.5. The minimum atomic E-state index is -4.82. The van der Waals surface area contributed by atoms with Crippen LogP contribution in [-0.4, -0.2) is 41.0 Å². The monoisotopic (exact) mass is 582 g/mol. The standard InChI is InChI=1S/C32H39O8P/c1-3-5-7-9-11-13-15-16-17-19-21-23-25-27-32(34)40-30(29-39-41(35,36)37)28-38-31(33)26-24-22-20-18-14-12-10-8-6-4-2/h2,30H,3,5,7,9,11,13,15-17,19,21,23,25,27-29H2,1H3,(H2,35,36,37)/t30-/m0/s1. The number of unbranched alkanes of at least 4 members (excludes halogenated alkanes) is 12. The molecule has 0 radical (unpaired) electrons. The molecular weight excluding hydrogens is 543 g/mol. The van der Waals surface area contributed by atoms with Crippen LogP contribution < -0.4 is 0 Å². The summed E-state index contributed by atoms with van der Waals surface area (Å²) in [4.78, 5) is 41.9. The van der Waals surface area contributed by atoms with Gasteiger partial charge in [0.2, 0.25) is 0 Å². The Hall–Kier alpha value is -3.59. The van der Waals surface area contributed by atoms with Crippen molar-refractivity contribution in [2.45, 2.75) is 103 Å². The third-order valence-corrected chi connectivity index (χ3v) is 5.83. The van der Waals surface area contributed by atoms with Crippen LogP contribution in [0.2, 0.25) is 0 Å². The molecule has 0 aliphatic carbocycles. The summed E-state index contributed by atoms with van der Waals surface area (Å²) in [5, 5.41) is 0. The van der Waals surface area contributed by atoms with Crippen LogP contribution in [0.5, 0.6) is 0 Å². The summed E-state index contributed by atoms with van der Waals surface area (Å²) in [6, 6.07) is 0. The molecular formula is C32H39O8P. The number of hydrogen-bond acceptors (Lipinski definition) is 6. The normalized spacial score (nSPS) is 10.2. The average Bonchev–Trinajstić information content (AvgIpc) is 2.93. The highest BCUT2D eigenvalue weighted by Crippen LogP contribution is 2.35. The van der Waals surface area contributed by atoms with Gasteiger partial charge < -0.3 is 19.3 Å². The molecule has 1 atom stereocenters. The van der Waals surface area contributed by atoms with Gasteiger partial charge in [-0.15, -0.1) is 6.42 Å². The van der Waals surface area contributed by atoms with Crippen molar-refractivity contribution in [1.82, 2.24) is 0 Å². The van der Waals surface area contributed by atoms with E-state index in [1.807, 2.05) is 0 Å². The second-order valence-corrected chi connectivity index (χ2v) is 10.1. The third kappa shape index (κ3) is 29.2. The van der Waals surface area contributed by atoms with Gasteiger partial charge in [0.15, 0.2) is 6.10 Å². The van der Waals surface area contributed by atoms with Crippen LogP contribution in [0, 0.1) is 71.5 Å². The first kappa shape index (κ1) is 37.4. The average molecular weight is 583 g/mol. The lowest BCUT2D eigenvalue weighted by Crippen LogP contribution is -2.29. The molecule has 0 amide bonds. The maximum absolute atomic E-state index is 12.2. The van der Waals surface area contributed by atoms with Crippen molar-refractivity contribution in [1.29, 1.82) is 0 Å². The fraction of sp³-hybridized carbons (Fsp3) is 0.562. The number of carbonyl (C=O) groups excluding carboxylic acids is 2. The molecule has 0 aromatic rings. The van der Waals surface area contributed by atoms with Crippen LogP contribution in [-0.2, 0) is 28.2 Å². The fourth-order valence-electron chi connectivity index (χ4n) is 3.37. The maximum atomic E-state index is 12.2. The zero-order valence-electron chi connectivity index (χ0n) is 23.8. The number of phosphoric acid groups is 1. The Bertz CT molecular complexity index is 1180. The topological polar surface area (TPSA) is 119 Å². The van der Waals surface area contributed by atoms with E-state index in [9.17, 15) is 14.2 Å². The van der Waals surface area contributed by atoms with Crippen molar-refractivity contribution < 1.29 is 37.9 Å². The Morgan fingerprint density at radius 1 is 0.707 bits per heavy atom. The van der Waals surface area contributed by atoms with Gasteiger partial charge in [-0.25, -0.2) is 9.36 Å². The maximum Gasteiger partial charge on any atom is 0.469 e. The second-order valence-electron chi connectivity index (χ2n) is 8.88. The number of esters is 2. The molecule has 0 aromatic carbocycles. The predicted molar refractivity (Wildman–Crippen MR) is 157 cm³/mol. The molecule has 0 aromatic heterocycles. The highest BCUT2D eigenvalue weighted by Gasteiger charge is 2.22. The van der Waals surface area contributed by atoms with Gasteiger partial charge in [0.05, 0.1) is 6.61 Å². The molecule has 0 saturated carbocycles. The molecule has 0 fully saturated rings. The summed E-state index contributed by atoms with van der Waals surface area (Å²) in [5.74, 6) is 23.7. The Balaban J connectivity index is 4.35. The summed E-state index contributed by atoms with van der Waals surface area (Å²) in [6.45, 7) is 1.07. The second kappa shape index (κ2) is 26.6. The Labute approximate surface area is 245 Å². The summed E-state index contributed by atoms with van der Waals surface area (Å²) in [5.41, 5.74) is 0. The van der Waals surface area contributed by atoms with Gasteiger partial charge in [0.25, 0.3) is 0 Å². The van der Waals surface area contributed by atoms with E-state index in [0.717, 1.165) is 19.3 Å². The quantitative estimate of drug-likeness (QED) is 0.0698. The lowest BCUT2D eigenvalue weighted by atomic mass is 10.0. The minimum absolute atomic E-state index is 0.134. The molecule has 0 spiro atoms. The van der Waals surface area contributed by atoms with Crippen LogP contribution in [0.15, 0.2) is 0 Å². The number of rotatable bonds is 20. The van der Waals surface area contributed by atoms with Gasteiger partial charge in [0, 0.05) is 12.3 Å². The van der Waals surface area contributed by atoms with E-state index < -0.39 is 39.1 Å². The number of terminal acetylenes is 1. The molecule has 9 heteroatoms. The predicted octanol–water partition coefficient (Wildman–Crippen LogP) is 4.68. The molecule has 0 bridgehead atoms. The van der Waals surface area contributed by atoms with Crippen LogP contribution in [0.3, 0.4) is 0 Å². The van der Waals surface area contributed by atoms with Crippen molar-refractivity contribution in [3.63, 3.8) is 0 Å². The Kier molecular flexibility index (Phi) is 24.3. The first-order valence-electron chi connectivity index (χ1n) is 13.8. The van der Waals surface area contributed by atoms with Gasteiger partial charge in [-0.3, -0.25) is 9.32 Å². The van der Waals surface area contributed by atoms with Crippen molar-refractivity contribution in [2.24, 2.45) is 0 Å². The number of hydrogen-bond donors (Lipinski definition) is 2. The first-order chi connectivity index (χ1) is 19.8. The highest BCUT2D eigenvalue weighted by molar-refractivity contribution is 7.46. The van der Waals surface area contributed by atoms with Gasteiger partial charge >= 0.3 is 19.8 Å². The molecule has 220 valence electrons. The molecule has 2 N–H and O–H groups in total. The van der Waals surface area contributed by atoms with Crippen molar-refractivity contribution in [3.8, 4) is 71.5 Å². The van der Waals surface area contributed by atoms with E-state index in [0.29, 0.717) is 6.42 Å². The van der Waals surface area contributed by atoms with Crippen LogP contribution in [0.1, 0.15) is 96.8 Å². The zero-order chi connectivity index (χ0) is 30.4. The smallest absolute Gasteiger partial charge is 0.456 e. The highest BCUT2D eigenvalue weighted by atomic mass is 31.2. The minimum Gasteiger partial charge on any atom is -0.456 e. The molecule has 0 aliphatic rings. The molecule has 0 heterocycles. The van der Waals surface area contributed by atoms with E-state index in [1.165, 1.54) is 57.8 Å². The van der Waals surface area contributed by atoms with Crippen LogP contribution in [0.25, 0.3) is 0 Å². The molecule has 41 heavy (non-hydrogen) atoms. The zero-order valence-corrected chi connectivity index (χ0v) is 24.7. The van der Waals surface area contributed by atoms with Gasteiger partial charge in [-0.05, 0) is 65.6 Å². The molecule has 0 aliphatic heterocycles. The Morgan fingerprint density at radius 2 is 1.17 bits per heavy atom. The molecule has 0 rings (SSSR count). The van der Waals surface area contributed by atoms with Crippen LogP contribution in [0.4, 0.5) is 0 Å². The van der Waals surface area contributed by atoms with E-state index in [1.54, 1.807) is 0 Å². The van der Waals surface area contributed by atoms with Crippen molar-refractivity contribution in [2.75, 3.05) is 13.2 Å². The molecule has 0 saturated heterocycles. The number of ether oxygens (including phenoxy) is 2. The largest absolute Gasteiger partial charge is 0.469 e. The summed E-state index contributed by atoms with van der Waals surface area (Å²) >= 11 is 0. The van der Waals surface area contributed by atoms with Crippen molar-refractivity contribution in [3.05, 3.63) is 0 Å². The first-order valence-corrected chi connectivity index (χ1v) is 15.3. The van der Waals surface area contributed by atoms with E-state index in [4.69, 9.17) is 25.7 Å². The van der Waals surface area contributed by atoms with E-state index in [-0.39, 0.29) is 6.42 Å². The van der Waals surface area contributed by atoms with Crippen molar-refractivity contribution >= 4 is 19.8 Å². The van der Waals surface area contributed by atoms with Gasteiger partial charge in [-0.2, -0.15) is 0 Å². The SMILES string of the molecule is C#CC#CC#CC#CC#CC#CC(=O)OC[C@@H](COP(=O)(O)O)OC(=O)CCCCCCCCCCCCCCC. The van der Waals surface area contributed by atoms with Crippen LogP contribution >= 0.6 is 7.82 Å². The summed E-state index contributed by atoms with van der Waals surface area (Å²) in [6.07, 6.45) is 19.1. The lowest BCUT2D eigenvalue weighted by Gasteiger charge is -2.17. The van der Waals surface area contributed by atoms with E-state index >= 15 is 0 Å².